The maximum Gasteiger partial charge on any atom is 0.122 e. The van der Waals surface area contributed by atoms with Crippen molar-refractivity contribution < 1.29 is 4.74 Å². The summed E-state index contributed by atoms with van der Waals surface area (Å²) in [6, 6.07) is 5.66. The van der Waals surface area contributed by atoms with Gasteiger partial charge in [-0.3, -0.25) is 5.10 Å². The smallest absolute Gasteiger partial charge is 0.122 e. The van der Waals surface area contributed by atoms with Crippen molar-refractivity contribution in [1.82, 2.24) is 10.2 Å². The number of ether oxygens (including phenoxy) is 1. The third-order valence-electron chi connectivity index (χ3n) is 3.03. The van der Waals surface area contributed by atoms with Gasteiger partial charge in [0.05, 0.1) is 12.3 Å². The zero-order valence-electron chi connectivity index (χ0n) is 10.9. The van der Waals surface area contributed by atoms with Crippen molar-refractivity contribution in [2.24, 2.45) is 0 Å². The summed E-state index contributed by atoms with van der Waals surface area (Å²) in [7, 11) is 0. The fourth-order valence-electron chi connectivity index (χ4n) is 1.98. The number of rotatable bonds is 4. The Hall–Kier alpha value is -1.48. The van der Waals surface area contributed by atoms with E-state index in [1.807, 2.05) is 39.0 Å². The van der Waals surface area contributed by atoms with E-state index in [-0.39, 0.29) is 0 Å². The number of aryl methyl sites for hydroxylation is 3. The molecule has 0 aliphatic heterocycles. The number of hydrogen-bond donors (Lipinski definition) is 1. The van der Waals surface area contributed by atoms with Crippen molar-refractivity contribution in [3.8, 4) is 5.75 Å². The van der Waals surface area contributed by atoms with Crippen LogP contribution in [0.3, 0.4) is 0 Å². The second-order valence-corrected chi connectivity index (χ2v) is 4.86. The molecule has 0 unspecified atom stereocenters. The molecule has 2 rings (SSSR count). The van der Waals surface area contributed by atoms with Crippen LogP contribution in [0.15, 0.2) is 18.2 Å². The molecule has 0 spiro atoms. The third kappa shape index (κ3) is 2.85. The lowest BCUT2D eigenvalue weighted by molar-refractivity contribution is 0.319. The molecule has 0 amide bonds. The van der Waals surface area contributed by atoms with Gasteiger partial charge in [-0.05, 0) is 50.1 Å². The summed E-state index contributed by atoms with van der Waals surface area (Å²) >= 11 is 5.91. The molecule has 4 heteroatoms. The second kappa shape index (κ2) is 5.44. The number of nitrogens with one attached hydrogen (secondary N) is 1. The number of hydrogen-bond acceptors (Lipinski definition) is 2. The minimum atomic E-state index is 0.643. The fourth-order valence-corrected chi connectivity index (χ4v) is 2.21. The largest absolute Gasteiger partial charge is 0.493 e. The normalized spacial score (nSPS) is 10.7. The third-order valence-corrected chi connectivity index (χ3v) is 3.26. The van der Waals surface area contributed by atoms with Crippen molar-refractivity contribution in [2.45, 2.75) is 27.2 Å². The molecule has 1 heterocycles. The van der Waals surface area contributed by atoms with Gasteiger partial charge in [0.25, 0.3) is 0 Å². The highest BCUT2D eigenvalue weighted by Crippen LogP contribution is 2.22. The number of halogens is 1. The Labute approximate surface area is 112 Å². The zero-order valence-corrected chi connectivity index (χ0v) is 11.6. The Morgan fingerprint density at radius 1 is 1.28 bits per heavy atom. The zero-order chi connectivity index (χ0) is 13.1. The van der Waals surface area contributed by atoms with E-state index in [1.54, 1.807) is 0 Å². The fraction of sp³-hybridized carbons (Fsp3) is 0.357. The van der Waals surface area contributed by atoms with Gasteiger partial charge >= 0.3 is 0 Å². The van der Waals surface area contributed by atoms with E-state index in [2.05, 4.69) is 10.2 Å². The van der Waals surface area contributed by atoms with Crippen LogP contribution in [-0.2, 0) is 6.42 Å². The van der Waals surface area contributed by atoms with Gasteiger partial charge < -0.3 is 4.74 Å². The van der Waals surface area contributed by atoms with Crippen molar-refractivity contribution in [3.63, 3.8) is 0 Å². The van der Waals surface area contributed by atoms with Crippen molar-refractivity contribution in [1.29, 1.82) is 0 Å². The molecule has 0 saturated heterocycles. The van der Waals surface area contributed by atoms with Crippen LogP contribution in [0.5, 0.6) is 5.75 Å². The number of aromatic amines is 1. The van der Waals surface area contributed by atoms with Crippen LogP contribution in [-0.4, -0.2) is 16.8 Å². The number of benzene rings is 1. The highest BCUT2D eigenvalue weighted by molar-refractivity contribution is 6.30. The van der Waals surface area contributed by atoms with E-state index in [0.717, 1.165) is 34.1 Å². The van der Waals surface area contributed by atoms with Gasteiger partial charge in [0.1, 0.15) is 5.75 Å². The Morgan fingerprint density at radius 2 is 2.06 bits per heavy atom. The van der Waals surface area contributed by atoms with Crippen molar-refractivity contribution in [2.75, 3.05) is 6.61 Å². The topological polar surface area (TPSA) is 37.9 Å². The lowest BCUT2D eigenvalue weighted by atomic mass is 10.1. The minimum Gasteiger partial charge on any atom is -0.493 e. The molecule has 1 aromatic heterocycles. The summed E-state index contributed by atoms with van der Waals surface area (Å²) in [5.41, 5.74) is 4.46. The Bertz CT molecular complexity index is 529. The monoisotopic (exact) mass is 264 g/mol. The lowest BCUT2D eigenvalue weighted by Crippen LogP contribution is -2.03. The molecule has 0 aliphatic carbocycles. The van der Waals surface area contributed by atoms with Gasteiger partial charge in [0.15, 0.2) is 0 Å². The summed E-state index contributed by atoms with van der Waals surface area (Å²) in [4.78, 5) is 0. The summed E-state index contributed by atoms with van der Waals surface area (Å²) < 4.78 is 5.77. The first-order valence-electron chi connectivity index (χ1n) is 5.97. The Balaban J connectivity index is 1.96. The molecular formula is C14H17ClN2O. The first-order chi connectivity index (χ1) is 8.58. The van der Waals surface area contributed by atoms with Crippen LogP contribution >= 0.6 is 11.6 Å². The van der Waals surface area contributed by atoms with Gasteiger partial charge in [-0.1, -0.05) is 11.6 Å². The van der Waals surface area contributed by atoms with Crippen LogP contribution in [0.2, 0.25) is 5.02 Å². The quantitative estimate of drug-likeness (QED) is 0.916. The van der Waals surface area contributed by atoms with E-state index in [4.69, 9.17) is 16.3 Å². The molecule has 3 nitrogen and oxygen atoms in total. The molecular weight excluding hydrogens is 248 g/mol. The average molecular weight is 265 g/mol. The molecule has 96 valence electrons. The highest BCUT2D eigenvalue weighted by atomic mass is 35.5. The lowest BCUT2D eigenvalue weighted by Gasteiger charge is -2.09. The standard InChI is InChI=1S/C14H17ClN2O/c1-9-8-12(15)4-5-14(9)18-7-6-13-10(2)16-17-11(13)3/h4-5,8H,6-7H2,1-3H3,(H,16,17). The molecule has 0 bridgehead atoms. The maximum absolute atomic E-state index is 5.91. The van der Waals surface area contributed by atoms with Crippen LogP contribution in [0.25, 0.3) is 0 Å². The predicted octanol–water partition coefficient (Wildman–Crippen LogP) is 3.61. The molecule has 2 aromatic rings. The summed E-state index contributed by atoms with van der Waals surface area (Å²) in [5.74, 6) is 0.887. The van der Waals surface area contributed by atoms with Crippen molar-refractivity contribution in [3.05, 3.63) is 45.7 Å². The van der Waals surface area contributed by atoms with E-state index in [9.17, 15) is 0 Å². The average Bonchev–Trinajstić information content (AvgIpc) is 2.63. The highest BCUT2D eigenvalue weighted by Gasteiger charge is 2.07. The molecule has 1 N–H and O–H groups in total. The number of H-pyrrole nitrogens is 1. The Kier molecular flexibility index (Phi) is 3.92. The molecule has 0 saturated carbocycles. The second-order valence-electron chi connectivity index (χ2n) is 4.42. The van der Waals surface area contributed by atoms with Gasteiger partial charge in [0.2, 0.25) is 0 Å². The molecule has 1 aromatic carbocycles. The van der Waals surface area contributed by atoms with E-state index in [1.165, 1.54) is 5.56 Å². The van der Waals surface area contributed by atoms with Crippen LogP contribution in [0.4, 0.5) is 0 Å². The van der Waals surface area contributed by atoms with Crippen LogP contribution in [0.1, 0.15) is 22.5 Å². The first-order valence-corrected chi connectivity index (χ1v) is 6.35. The molecule has 0 fully saturated rings. The van der Waals surface area contributed by atoms with E-state index >= 15 is 0 Å². The van der Waals surface area contributed by atoms with Crippen LogP contribution < -0.4 is 4.74 Å². The summed E-state index contributed by atoms with van der Waals surface area (Å²) in [6.45, 7) is 6.68. The van der Waals surface area contributed by atoms with Gasteiger partial charge in [-0.25, -0.2) is 0 Å². The van der Waals surface area contributed by atoms with Gasteiger partial charge in [0, 0.05) is 17.1 Å². The predicted molar refractivity (Wildman–Crippen MR) is 73.4 cm³/mol. The molecule has 0 radical (unpaired) electrons. The summed E-state index contributed by atoms with van der Waals surface area (Å²) in [6.07, 6.45) is 0.857. The van der Waals surface area contributed by atoms with E-state index < -0.39 is 0 Å². The minimum absolute atomic E-state index is 0.643. The number of aromatic nitrogens is 2. The molecule has 0 atom stereocenters. The molecule has 18 heavy (non-hydrogen) atoms. The first kappa shape index (κ1) is 13.0. The SMILES string of the molecule is Cc1cc(Cl)ccc1OCCc1c(C)n[nH]c1C. The maximum atomic E-state index is 5.91. The summed E-state index contributed by atoms with van der Waals surface area (Å²) in [5, 5.41) is 7.89. The van der Waals surface area contributed by atoms with Gasteiger partial charge in [-0.2, -0.15) is 5.10 Å². The number of nitrogens with zero attached hydrogens (tertiary/aromatic N) is 1. The molecule has 0 aliphatic rings. The van der Waals surface area contributed by atoms with E-state index in [0.29, 0.717) is 6.61 Å². The van der Waals surface area contributed by atoms with Gasteiger partial charge in [-0.15, -0.1) is 0 Å². The Morgan fingerprint density at radius 3 is 2.67 bits per heavy atom. The van der Waals surface area contributed by atoms with Crippen LogP contribution in [0, 0.1) is 20.8 Å². The van der Waals surface area contributed by atoms with Crippen molar-refractivity contribution >= 4 is 11.6 Å².